The van der Waals surface area contributed by atoms with Gasteiger partial charge in [-0.2, -0.15) is 0 Å². The minimum absolute atomic E-state index is 0.791. The van der Waals surface area contributed by atoms with E-state index in [-0.39, 0.29) is 0 Å². The topological polar surface area (TPSA) is 38.4 Å². The van der Waals surface area contributed by atoms with Crippen molar-refractivity contribution < 1.29 is 0 Å². The minimum Gasteiger partial charge on any atom is -0.330 e. The molecule has 0 aliphatic heterocycles. The van der Waals surface area contributed by atoms with Crippen molar-refractivity contribution in [2.45, 2.75) is 19.8 Å². The molecule has 0 saturated heterocycles. The van der Waals surface area contributed by atoms with E-state index in [0.29, 0.717) is 0 Å². The van der Waals surface area contributed by atoms with Crippen molar-refractivity contribution in [1.29, 1.82) is 0 Å². The second kappa shape index (κ2) is 6.63. The van der Waals surface area contributed by atoms with Gasteiger partial charge in [-0.05, 0) is 32.5 Å². The molecule has 0 saturated carbocycles. The number of aliphatic imine (C=N–C) groups is 1. The van der Waals surface area contributed by atoms with Crippen LogP contribution in [0.5, 0.6) is 0 Å². The normalized spacial score (nSPS) is 10.8. The molecule has 2 N–H and O–H groups in total. The van der Waals surface area contributed by atoms with Crippen molar-refractivity contribution in [1.82, 2.24) is 0 Å². The van der Waals surface area contributed by atoms with Crippen molar-refractivity contribution in [3.8, 4) is 0 Å². The summed E-state index contributed by atoms with van der Waals surface area (Å²) in [6.07, 6.45) is 4.05. The van der Waals surface area contributed by atoms with Crippen molar-refractivity contribution in [2.24, 2.45) is 10.7 Å². The Hall–Kier alpha value is -0.370. The van der Waals surface area contributed by atoms with Crippen LogP contribution in [0, 0.1) is 0 Å². The molecule has 0 atom stereocenters. The maximum atomic E-state index is 5.26. The van der Waals surface area contributed by atoms with E-state index in [1.807, 2.05) is 13.1 Å². The van der Waals surface area contributed by atoms with Crippen LogP contribution < -0.4 is 5.73 Å². The maximum Gasteiger partial charge on any atom is 0.0385 e. The maximum absolute atomic E-state index is 5.26. The Morgan fingerprint density at radius 2 is 2.25 bits per heavy atom. The summed E-state index contributed by atoms with van der Waals surface area (Å²) >= 11 is 0. The van der Waals surface area contributed by atoms with Gasteiger partial charge in [-0.3, -0.25) is 4.99 Å². The van der Waals surface area contributed by atoms with Crippen LogP contribution in [-0.4, -0.2) is 19.3 Å². The van der Waals surface area contributed by atoms with Gasteiger partial charge in [0, 0.05) is 6.54 Å². The first-order valence-corrected chi connectivity index (χ1v) is 3.06. The molecule has 0 aliphatic rings. The fraction of sp³-hybridized carbons (Fsp3) is 0.833. The highest BCUT2D eigenvalue weighted by atomic mass is 14.7. The van der Waals surface area contributed by atoms with Crippen LogP contribution in [0.1, 0.15) is 19.8 Å². The average Bonchev–Trinajstić information content (AvgIpc) is 1.81. The Bertz CT molecular complexity index is 59.5. The molecule has 0 aromatic heterocycles. The molecule has 0 bridgehead atoms. The average molecular weight is 114 g/mol. The number of nitrogens with zero attached hydrogens (tertiary/aromatic N) is 1. The van der Waals surface area contributed by atoms with E-state index in [9.17, 15) is 0 Å². The Morgan fingerprint density at radius 3 is 2.75 bits per heavy atom. The molecule has 0 fully saturated rings. The number of hydrogen-bond donors (Lipinski definition) is 1. The van der Waals surface area contributed by atoms with E-state index in [4.69, 9.17) is 5.73 Å². The van der Waals surface area contributed by atoms with Crippen LogP contribution in [-0.2, 0) is 0 Å². The van der Waals surface area contributed by atoms with E-state index >= 15 is 0 Å². The summed E-state index contributed by atoms with van der Waals surface area (Å²) in [6, 6.07) is 0. The number of unbranched alkanes of at least 4 members (excludes halogenated alkanes) is 1. The summed E-state index contributed by atoms with van der Waals surface area (Å²) in [5.74, 6) is 0. The van der Waals surface area contributed by atoms with Gasteiger partial charge in [-0.15, -0.1) is 0 Å². The molecule has 0 radical (unpaired) electrons. The van der Waals surface area contributed by atoms with Crippen LogP contribution in [0.2, 0.25) is 0 Å². The van der Waals surface area contributed by atoms with Gasteiger partial charge < -0.3 is 5.73 Å². The first-order chi connectivity index (χ1) is 3.91. The van der Waals surface area contributed by atoms with E-state index in [1.165, 1.54) is 0 Å². The second-order valence-corrected chi connectivity index (χ2v) is 1.66. The lowest BCUT2D eigenvalue weighted by Gasteiger charge is -1.89. The predicted molar refractivity (Wildman–Crippen MR) is 37.3 cm³/mol. The summed E-state index contributed by atoms with van der Waals surface area (Å²) in [4.78, 5) is 4.03. The molecule has 8 heavy (non-hydrogen) atoms. The lowest BCUT2D eigenvalue weighted by molar-refractivity contribution is 0.757. The largest absolute Gasteiger partial charge is 0.330 e. The Kier molecular flexibility index (Phi) is 6.32. The fourth-order valence-corrected chi connectivity index (χ4v) is 0.477. The third-order valence-electron chi connectivity index (χ3n) is 0.924. The number of hydrogen-bond acceptors (Lipinski definition) is 2. The van der Waals surface area contributed by atoms with Crippen molar-refractivity contribution in [3.05, 3.63) is 0 Å². The molecule has 0 aromatic carbocycles. The molecule has 0 unspecified atom stereocenters. The van der Waals surface area contributed by atoms with Gasteiger partial charge in [0.2, 0.25) is 0 Å². The summed E-state index contributed by atoms with van der Waals surface area (Å²) < 4.78 is 0. The van der Waals surface area contributed by atoms with Gasteiger partial charge in [0.15, 0.2) is 0 Å². The Labute approximate surface area is 50.8 Å². The standard InChI is InChI=1S/C6H14N2/c1-2-8-6-4-3-5-7/h2H,3-7H2,1H3. The Balaban J connectivity index is 2.72. The van der Waals surface area contributed by atoms with E-state index in [0.717, 1.165) is 25.9 Å². The van der Waals surface area contributed by atoms with Gasteiger partial charge in [0.1, 0.15) is 0 Å². The van der Waals surface area contributed by atoms with Crippen molar-refractivity contribution in [3.63, 3.8) is 0 Å². The molecule has 0 heterocycles. The van der Waals surface area contributed by atoms with Gasteiger partial charge in [-0.1, -0.05) is 0 Å². The van der Waals surface area contributed by atoms with E-state index < -0.39 is 0 Å². The predicted octanol–water partition coefficient (Wildman–Crippen LogP) is 0.816. The Morgan fingerprint density at radius 1 is 1.50 bits per heavy atom. The van der Waals surface area contributed by atoms with Crippen LogP contribution in [0.15, 0.2) is 4.99 Å². The van der Waals surface area contributed by atoms with Gasteiger partial charge in [0.05, 0.1) is 0 Å². The van der Waals surface area contributed by atoms with Gasteiger partial charge >= 0.3 is 0 Å². The van der Waals surface area contributed by atoms with Gasteiger partial charge in [-0.25, -0.2) is 0 Å². The third-order valence-corrected chi connectivity index (χ3v) is 0.924. The number of rotatable bonds is 4. The zero-order valence-corrected chi connectivity index (χ0v) is 5.43. The molecule has 2 nitrogen and oxygen atoms in total. The van der Waals surface area contributed by atoms with Gasteiger partial charge in [0.25, 0.3) is 0 Å². The zero-order valence-electron chi connectivity index (χ0n) is 5.43. The van der Waals surface area contributed by atoms with E-state index in [2.05, 4.69) is 4.99 Å². The summed E-state index contributed by atoms with van der Waals surface area (Å²) in [6.45, 7) is 3.66. The van der Waals surface area contributed by atoms with Crippen LogP contribution in [0.4, 0.5) is 0 Å². The molecule has 0 aromatic rings. The lowest BCUT2D eigenvalue weighted by Crippen LogP contribution is -1.98. The highest BCUT2D eigenvalue weighted by Gasteiger charge is 1.79. The van der Waals surface area contributed by atoms with Crippen molar-refractivity contribution >= 4 is 6.21 Å². The third kappa shape index (κ3) is 5.63. The second-order valence-electron chi connectivity index (χ2n) is 1.66. The monoisotopic (exact) mass is 114 g/mol. The summed E-state index contributed by atoms with van der Waals surface area (Å²) in [5, 5.41) is 0. The minimum atomic E-state index is 0.791. The van der Waals surface area contributed by atoms with Crippen LogP contribution in [0.25, 0.3) is 0 Å². The molecule has 0 aliphatic carbocycles. The zero-order chi connectivity index (χ0) is 6.24. The SMILES string of the molecule is CC=NCCCCN. The smallest absolute Gasteiger partial charge is 0.0385 e. The number of nitrogens with two attached hydrogens (primary N) is 1. The molecule has 2 heteroatoms. The molecule has 0 rings (SSSR count). The molecular weight excluding hydrogens is 100 g/mol. The van der Waals surface area contributed by atoms with Crippen LogP contribution in [0.3, 0.4) is 0 Å². The molecule has 0 amide bonds. The fourth-order valence-electron chi connectivity index (χ4n) is 0.477. The highest BCUT2D eigenvalue weighted by Crippen LogP contribution is 1.84. The molecular formula is C6H14N2. The molecule has 48 valence electrons. The highest BCUT2D eigenvalue weighted by molar-refractivity contribution is 5.53. The molecule has 0 spiro atoms. The first-order valence-electron chi connectivity index (χ1n) is 3.06. The first kappa shape index (κ1) is 7.63. The van der Waals surface area contributed by atoms with E-state index in [1.54, 1.807) is 0 Å². The lowest BCUT2D eigenvalue weighted by atomic mass is 10.3. The van der Waals surface area contributed by atoms with Crippen LogP contribution >= 0.6 is 0 Å². The quantitative estimate of drug-likeness (QED) is 0.426. The summed E-state index contributed by atoms with van der Waals surface area (Å²) in [5.41, 5.74) is 5.26. The van der Waals surface area contributed by atoms with Crippen molar-refractivity contribution in [2.75, 3.05) is 13.1 Å². The summed E-state index contributed by atoms with van der Waals surface area (Å²) in [7, 11) is 0.